The molecule has 0 rings (SSSR count). The van der Waals surface area contributed by atoms with E-state index in [0.717, 1.165) is 0 Å². The third-order valence-corrected chi connectivity index (χ3v) is 0.444. The molecule has 1 radical (unpaired) electrons. The zero-order valence-electron chi connectivity index (χ0n) is 3.77. The van der Waals surface area contributed by atoms with Crippen LogP contribution in [0.2, 0.25) is 0 Å². The van der Waals surface area contributed by atoms with Crippen LogP contribution in [0.3, 0.4) is 0 Å². The number of nitrogens with zero attached hydrogens (tertiary/aromatic N) is 1. The first kappa shape index (κ1) is 10.8. The topological polar surface area (TPSA) is 40.9 Å². The van der Waals surface area contributed by atoms with Gasteiger partial charge in [0, 0.05) is 12.0 Å². The standard InChI is InChI=1S/C5H4NO.Na.H/c1-5(4-6)2-3-7;;/h1-2H2;;. The van der Waals surface area contributed by atoms with Crippen molar-refractivity contribution in [2.24, 2.45) is 0 Å². The van der Waals surface area contributed by atoms with Crippen molar-refractivity contribution in [2.75, 3.05) is 0 Å². The molecule has 0 atom stereocenters. The van der Waals surface area contributed by atoms with Crippen LogP contribution in [0.4, 0.5) is 0 Å². The number of hydrogen-bond acceptors (Lipinski definition) is 2. The monoisotopic (exact) mass is 118 g/mol. The molecular formula is C5H5NNaO. The van der Waals surface area contributed by atoms with Gasteiger partial charge >= 0.3 is 29.6 Å². The van der Waals surface area contributed by atoms with Gasteiger partial charge in [-0.1, -0.05) is 6.58 Å². The summed E-state index contributed by atoms with van der Waals surface area (Å²) < 4.78 is 0. The summed E-state index contributed by atoms with van der Waals surface area (Å²) in [6.07, 6.45) is 1.58. The van der Waals surface area contributed by atoms with Crippen LogP contribution in [-0.2, 0) is 4.79 Å². The van der Waals surface area contributed by atoms with Gasteiger partial charge in [0.15, 0.2) is 0 Å². The molecule has 0 heterocycles. The number of nitriles is 1. The van der Waals surface area contributed by atoms with Crippen LogP contribution in [0.1, 0.15) is 6.42 Å². The molecule has 2 nitrogen and oxygen atoms in total. The first-order chi connectivity index (χ1) is 3.31. The SMILES string of the molecule is C=C(C#N)C[C]=O.[NaH]. The molecule has 37 valence electrons. The van der Waals surface area contributed by atoms with E-state index in [9.17, 15) is 4.79 Å². The molecule has 0 amide bonds. The summed E-state index contributed by atoms with van der Waals surface area (Å²) in [5.41, 5.74) is 0.259. The maximum absolute atomic E-state index is 9.44. The van der Waals surface area contributed by atoms with Crippen LogP contribution in [-0.4, -0.2) is 35.8 Å². The molecule has 8 heavy (non-hydrogen) atoms. The minimum absolute atomic E-state index is 0. The summed E-state index contributed by atoms with van der Waals surface area (Å²) in [6, 6.07) is 1.71. The van der Waals surface area contributed by atoms with Gasteiger partial charge in [-0.15, -0.1) is 0 Å². The Morgan fingerprint density at radius 2 is 2.25 bits per heavy atom. The second-order valence-electron chi connectivity index (χ2n) is 1.04. The van der Waals surface area contributed by atoms with E-state index in [0.29, 0.717) is 0 Å². The molecule has 0 aromatic rings. The Hall–Kier alpha value is -0.100. The van der Waals surface area contributed by atoms with Crippen molar-refractivity contribution in [3.63, 3.8) is 0 Å². The second-order valence-corrected chi connectivity index (χ2v) is 1.04. The molecule has 0 aliphatic carbocycles. The maximum atomic E-state index is 9.44. The van der Waals surface area contributed by atoms with E-state index in [-0.39, 0.29) is 41.6 Å². The normalized spacial score (nSPS) is 5.88. The van der Waals surface area contributed by atoms with E-state index in [1.807, 2.05) is 0 Å². The van der Waals surface area contributed by atoms with Gasteiger partial charge in [-0.3, -0.25) is 4.79 Å². The third-order valence-electron chi connectivity index (χ3n) is 0.444. The van der Waals surface area contributed by atoms with Crippen LogP contribution in [0.25, 0.3) is 0 Å². The Kier molecular flexibility index (Phi) is 9.32. The summed E-state index contributed by atoms with van der Waals surface area (Å²) >= 11 is 0. The zero-order chi connectivity index (χ0) is 5.70. The van der Waals surface area contributed by atoms with E-state index in [4.69, 9.17) is 5.26 Å². The average molecular weight is 118 g/mol. The quantitative estimate of drug-likeness (QED) is 0.375. The molecule has 0 bridgehead atoms. The Balaban J connectivity index is 0. The van der Waals surface area contributed by atoms with Crippen LogP contribution in [0.15, 0.2) is 12.2 Å². The molecule has 0 aliphatic rings. The predicted octanol–water partition coefficient (Wildman–Crippen LogP) is -0.0825. The molecule has 0 saturated carbocycles. The summed E-state index contributed by atoms with van der Waals surface area (Å²) in [5.74, 6) is 0. The van der Waals surface area contributed by atoms with Gasteiger partial charge in [0.05, 0.1) is 6.07 Å². The average Bonchev–Trinajstić information content (AvgIpc) is 1.68. The fraction of sp³-hybridized carbons (Fsp3) is 0.200. The fourth-order valence-corrected chi connectivity index (χ4v) is 0.127. The Bertz CT molecular complexity index is 125. The first-order valence-electron chi connectivity index (χ1n) is 1.74. The van der Waals surface area contributed by atoms with E-state index in [1.54, 1.807) is 12.4 Å². The number of carbonyl (C=O) groups excluding carboxylic acids is 1. The minimum atomic E-state index is 0. The van der Waals surface area contributed by atoms with Crippen molar-refractivity contribution < 1.29 is 4.79 Å². The molecule has 3 heteroatoms. The summed E-state index contributed by atoms with van der Waals surface area (Å²) in [6.45, 7) is 3.24. The molecule has 0 aromatic heterocycles. The number of hydrogen-bond donors (Lipinski definition) is 0. The van der Waals surface area contributed by atoms with Gasteiger partial charge in [0.25, 0.3) is 0 Å². The van der Waals surface area contributed by atoms with Gasteiger partial charge in [0.1, 0.15) is 0 Å². The van der Waals surface area contributed by atoms with E-state index in [2.05, 4.69) is 6.58 Å². The van der Waals surface area contributed by atoms with E-state index >= 15 is 0 Å². The summed E-state index contributed by atoms with van der Waals surface area (Å²) in [4.78, 5) is 9.44. The second kappa shape index (κ2) is 6.90. The van der Waals surface area contributed by atoms with Crippen molar-refractivity contribution in [3.05, 3.63) is 12.2 Å². The number of allylic oxidation sites excluding steroid dienone is 1. The van der Waals surface area contributed by atoms with Crippen LogP contribution < -0.4 is 0 Å². The van der Waals surface area contributed by atoms with Crippen LogP contribution in [0, 0.1) is 11.3 Å². The van der Waals surface area contributed by atoms with Crippen molar-refractivity contribution >= 4 is 35.8 Å². The van der Waals surface area contributed by atoms with Crippen molar-refractivity contribution in [2.45, 2.75) is 6.42 Å². The predicted molar refractivity (Wildman–Crippen MR) is 32.2 cm³/mol. The van der Waals surface area contributed by atoms with E-state index in [1.165, 1.54) is 0 Å². The fourth-order valence-electron chi connectivity index (χ4n) is 0.127. The van der Waals surface area contributed by atoms with Crippen molar-refractivity contribution in [3.8, 4) is 6.07 Å². The number of rotatable bonds is 2. The molecule has 0 aromatic carbocycles. The molecular weight excluding hydrogens is 113 g/mol. The third kappa shape index (κ3) is 5.90. The molecule has 0 N–H and O–H groups in total. The Morgan fingerprint density at radius 3 is 2.38 bits per heavy atom. The van der Waals surface area contributed by atoms with Crippen LogP contribution in [0.5, 0.6) is 0 Å². The zero-order valence-corrected chi connectivity index (χ0v) is 3.77. The molecule has 0 fully saturated rings. The molecule has 0 unspecified atom stereocenters. The first-order valence-corrected chi connectivity index (χ1v) is 1.74. The summed E-state index contributed by atoms with van der Waals surface area (Å²) in [5, 5.41) is 7.94. The van der Waals surface area contributed by atoms with Gasteiger partial charge < -0.3 is 0 Å². The van der Waals surface area contributed by atoms with Crippen molar-refractivity contribution in [1.29, 1.82) is 5.26 Å². The Labute approximate surface area is 70.5 Å². The molecule has 0 aliphatic heterocycles. The van der Waals surface area contributed by atoms with Gasteiger partial charge in [-0.25, -0.2) is 0 Å². The van der Waals surface area contributed by atoms with Gasteiger partial charge in [-0.05, 0) is 0 Å². The molecule has 0 saturated heterocycles. The Morgan fingerprint density at radius 1 is 1.75 bits per heavy atom. The van der Waals surface area contributed by atoms with Gasteiger partial charge in [0.2, 0.25) is 6.29 Å². The van der Waals surface area contributed by atoms with E-state index < -0.39 is 0 Å². The summed E-state index contributed by atoms with van der Waals surface area (Å²) in [7, 11) is 0. The molecule has 0 spiro atoms. The van der Waals surface area contributed by atoms with Crippen molar-refractivity contribution in [1.82, 2.24) is 0 Å². The van der Waals surface area contributed by atoms with Crippen LogP contribution >= 0.6 is 0 Å². The van der Waals surface area contributed by atoms with Gasteiger partial charge in [-0.2, -0.15) is 5.26 Å².